The quantitative estimate of drug-likeness (QED) is 0.776. The number of ether oxygens (including phenoxy) is 1. The van der Waals surface area contributed by atoms with E-state index < -0.39 is 0 Å². The van der Waals surface area contributed by atoms with E-state index in [2.05, 4.69) is 46.0 Å². The van der Waals surface area contributed by atoms with Crippen LogP contribution in [0.1, 0.15) is 12.5 Å². The molecular weight excluding hydrogens is 289 g/mol. The van der Waals surface area contributed by atoms with Crippen molar-refractivity contribution >= 4 is 33.2 Å². The maximum Gasteiger partial charge on any atom is 0.0722 e. The van der Waals surface area contributed by atoms with Crippen molar-refractivity contribution in [1.29, 1.82) is 0 Å². The number of benzene rings is 1. The van der Waals surface area contributed by atoms with Gasteiger partial charge in [-0.05, 0) is 30.7 Å². The van der Waals surface area contributed by atoms with Crippen LogP contribution >= 0.6 is 27.5 Å². The SMILES string of the molecule is CC1CN(c2ccc(Br)cc2CCl)CCO1. The van der Waals surface area contributed by atoms with Gasteiger partial charge in [-0.2, -0.15) is 0 Å². The summed E-state index contributed by atoms with van der Waals surface area (Å²) in [6.07, 6.45) is 0.292. The van der Waals surface area contributed by atoms with E-state index in [0.29, 0.717) is 12.0 Å². The van der Waals surface area contributed by atoms with Crippen molar-refractivity contribution in [3.8, 4) is 0 Å². The summed E-state index contributed by atoms with van der Waals surface area (Å²) in [5.41, 5.74) is 2.40. The second kappa shape index (κ2) is 5.39. The number of hydrogen-bond acceptors (Lipinski definition) is 2. The first-order chi connectivity index (χ1) is 7.70. The molecular formula is C12H15BrClNO. The molecule has 0 radical (unpaired) electrons. The van der Waals surface area contributed by atoms with E-state index >= 15 is 0 Å². The van der Waals surface area contributed by atoms with Gasteiger partial charge in [0.1, 0.15) is 0 Å². The molecule has 0 saturated carbocycles. The predicted octanol–water partition coefficient (Wildman–Crippen LogP) is 3.41. The highest BCUT2D eigenvalue weighted by Gasteiger charge is 2.18. The molecule has 0 amide bonds. The molecule has 1 aliphatic rings. The van der Waals surface area contributed by atoms with Crippen LogP contribution in [0.2, 0.25) is 0 Å². The van der Waals surface area contributed by atoms with Crippen LogP contribution in [0.15, 0.2) is 22.7 Å². The van der Waals surface area contributed by atoms with Gasteiger partial charge in [0.2, 0.25) is 0 Å². The predicted molar refractivity (Wildman–Crippen MR) is 71.3 cm³/mol. The van der Waals surface area contributed by atoms with Crippen LogP contribution < -0.4 is 4.90 Å². The monoisotopic (exact) mass is 303 g/mol. The van der Waals surface area contributed by atoms with E-state index in [0.717, 1.165) is 24.2 Å². The van der Waals surface area contributed by atoms with Crippen molar-refractivity contribution in [2.75, 3.05) is 24.6 Å². The molecule has 1 aliphatic heterocycles. The molecule has 1 saturated heterocycles. The highest BCUT2D eigenvalue weighted by atomic mass is 79.9. The van der Waals surface area contributed by atoms with Gasteiger partial charge in [0.15, 0.2) is 0 Å². The third-order valence-corrected chi connectivity index (χ3v) is 3.55. The Hall–Kier alpha value is -0.250. The minimum Gasteiger partial charge on any atom is -0.375 e. The highest BCUT2D eigenvalue weighted by Crippen LogP contribution is 2.27. The molecule has 0 aliphatic carbocycles. The summed E-state index contributed by atoms with van der Waals surface area (Å²) in [6.45, 7) is 4.77. The lowest BCUT2D eigenvalue weighted by molar-refractivity contribution is 0.0532. The van der Waals surface area contributed by atoms with Gasteiger partial charge in [0.05, 0.1) is 12.7 Å². The van der Waals surface area contributed by atoms with Crippen LogP contribution in [-0.2, 0) is 10.6 Å². The Morgan fingerprint density at radius 2 is 2.38 bits per heavy atom. The van der Waals surface area contributed by atoms with Crippen molar-refractivity contribution in [2.24, 2.45) is 0 Å². The molecule has 1 aromatic carbocycles. The number of nitrogens with zero attached hydrogens (tertiary/aromatic N) is 1. The van der Waals surface area contributed by atoms with Crippen molar-refractivity contribution in [1.82, 2.24) is 0 Å². The Morgan fingerprint density at radius 1 is 1.56 bits per heavy atom. The fraction of sp³-hybridized carbons (Fsp3) is 0.500. The topological polar surface area (TPSA) is 12.5 Å². The standard InChI is InChI=1S/C12H15BrClNO/c1-9-8-15(4-5-16-9)12-3-2-11(13)6-10(12)7-14/h2-3,6,9H,4-5,7-8H2,1H3. The lowest BCUT2D eigenvalue weighted by atomic mass is 10.1. The number of halogens is 2. The first-order valence-corrected chi connectivity index (χ1v) is 6.74. The second-order valence-electron chi connectivity index (χ2n) is 4.03. The summed E-state index contributed by atoms with van der Waals surface area (Å²) in [4.78, 5) is 2.35. The van der Waals surface area contributed by atoms with Gasteiger partial charge in [-0.1, -0.05) is 15.9 Å². The minimum atomic E-state index is 0.292. The summed E-state index contributed by atoms with van der Waals surface area (Å²) in [7, 11) is 0. The molecule has 2 nitrogen and oxygen atoms in total. The largest absolute Gasteiger partial charge is 0.375 e. The average Bonchev–Trinajstić information content (AvgIpc) is 2.28. The number of morpholine rings is 1. The molecule has 0 bridgehead atoms. The van der Waals surface area contributed by atoms with Crippen LogP contribution in [0.5, 0.6) is 0 Å². The molecule has 16 heavy (non-hydrogen) atoms. The van der Waals surface area contributed by atoms with E-state index in [1.165, 1.54) is 11.3 Å². The highest BCUT2D eigenvalue weighted by molar-refractivity contribution is 9.10. The number of anilines is 1. The summed E-state index contributed by atoms with van der Waals surface area (Å²) in [5, 5.41) is 0. The normalized spacial score (nSPS) is 21.2. The fourth-order valence-electron chi connectivity index (χ4n) is 2.01. The van der Waals surface area contributed by atoms with Crippen LogP contribution in [0.3, 0.4) is 0 Å². The van der Waals surface area contributed by atoms with Gasteiger partial charge in [0.25, 0.3) is 0 Å². The molecule has 1 aromatic rings. The summed E-state index contributed by atoms with van der Waals surface area (Å²) < 4.78 is 6.62. The molecule has 2 rings (SSSR count). The summed E-state index contributed by atoms with van der Waals surface area (Å²) in [6, 6.07) is 6.27. The average molecular weight is 305 g/mol. The van der Waals surface area contributed by atoms with Gasteiger partial charge in [0, 0.05) is 29.1 Å². The van der Waals surface area contributed by atoms with Gasteiger partial charge >= 0.3 is 0 Å². The molecule has 4 heteroatoms. The van der Waals surface area contributed by atoms with Crippen molar-refractivity contribution < 1.29 is 4.74 Å². The zero-order valence-electron chi connectivity index (χ0n) is 9.25. The molecule has 88 valence electrons. The molecule has 1 unspecified atom stereocenters. The van der Waals surface area contributed by atoms with Crippen molar-refractivity contribution in [2.45, 2.75) is 18.9 Å². The molecule has 0 aromatic heterocycles. The van der Waals surface area contributed by atoms with E-state index in [1.807, 2.05) is 0 Å². The number of hydrogen-bond donors (Lipinski definition) is 0. The number of rotatable bonds is 2. The zero-order valence-corrected chi connectivity index (χ0v) is 11.6. The lowest BCUT2D eigenvalue weighted by Crippen LogP contribution is -2.41. The Labute approximate surface area is 110 Å². The fourth-order valence-corrected chi connectivity index (χ4v) is 2.63. The minimum absolute atomic E-state index is 0.292. The van der Waals surface area contributed by atoms with Crippen LogP contribution in [0, 0.1) is 0 Å². The smallest absolute Gasteiger partial charge is 0.0722 e. The van der Waals surface area contributed by atoms with Crippen LogP contribution in [-0.4, -0.2) is 25.8 Å². The Kier molecular flexibility index (Phi) is 4.11. The van der Waals surface area contributed by atoms with E-state index in [4.69, 9.17) is 16.3 Å². The third-order valence-electron chi connectivity index (χ3n) is 2.77. The van der Waals surface area contributed by atoms with Gasteiger partial charge in [-0.3, -0.25) is 0 Å². The molecule has 0 spiro atoms. The van der Waals surface area contributed by atoms with Crippen molar-refractivity contribution in [3.63, 3.8) is 0 Å². The van der Waals surface area contributed by atoms with Crippen molar-refractivity contribution in [3.05, 3.63) is 28.2 Å². The molecule has 0 N–H and O–H groups in total. The zero-order chi connectivity index (χ0) is 11.5. The first kappa shape index (κ1) is 12.2. The summed E-state index contributed by atoms with van der Waals surface area (Å²) in [5.74, 6) is 0.542. The van der Waals surface area contributed by atoms with E-state index in [9.17, 15) is 0 Å². The molecule has 1 atom stereocenters. The Bertz CT molecular complexity index is 372. The number of alkyl halides is 1. The maximum atomic E-state index is 5.98. The summed E-state index contributed by atoms with van der Waals surface area (Å²) >= 11 is 9.45. The van der Waals surface area contributed by atoms with Gasteiger partial charge < -0.3 is 9.64 Å². The molecule has 1 heterocycles. The Morgan fingerprint density at radius 3 is 3.06 bits per heavy atom. The Balaban J connectivity index is 2.24. The second-order valence-corrected chi connectivity index (χ2v) is 5.22. The van der Waals surface area contributed by atoms with Gasteiger partial charge in [-0.15, -0.1) is 11.6 Å². The maximum absolute atomic E-state index is 5.98. The van der Waals surface area contributed by atoms with Crippen LogP contribution in [0.25, 0.3) is 0 Å². The molecule has 1 fully saturated rings. The third kappa shape index (κ3) is 2.70. The first-order valence-electron chi connectivity index (χ1n) is 5.41. The van der Waals surface area contributed by atoms with Gasteiger partial charge in [-0.25, -0.2) is 0 Å². The van der Waals surface area contributed by atoms with E-state index in [-0.39, 0.29) is 0 Å². The van der Waals surface area contributed by atoms with E-state index in [1.54, 1.807) is 0 Å². The lowest BCUT2D eigenvalue weighted by Gasteiger charge is -2.34. The van der Waals surface area contributed by atoms with Crippen LogP contribution in [0.4, 0.5) is 5.69 Å².